The summed E-state index contributed by atoms with van der Waals surface area (Å²) < 4.78 is 8.45. The fraction of sp³-hybridized carbons (Fsp3) is 0.0500. The molecule has 0 aliphatic rings. The molecular weight excluding hydrogens is 552 g/mol. The molecule has 0 amide bonds. The quantitative estimate of drug-likeness (QED) is 0.196. The van der Waals surface area contributed by atoms with Crippen LogP contribution < -0.4 is 4.90 Å². The van der Waals surface area contributed by atoms with Crippen LogP contribution in [0.15, 0.2) is 150 Å². The first-order valence-corrected chi connectivity index (χ1v) is 15.1. The van der Waals surface area contributed by atoms with Gasteiger partial charge in [0.25, 0.3) is 0 Å². The van der Waals surface area contributed by atoms with E-state index < -0.39 is 0 Å². The Labute approximate surface area is 261 Å². The zero-order valence-electron chi connectivity index (χ0n) is 25.1. The monoisotopic (exact) mass is 582 g/mol. The third-order valence-corrected chi connectivity index (χ3v) is 8.49. The summed E-state index contributed by atoms with van der Waals surface area (Å²) in [5.41, 5.74) is 10.9. The van der Waals surface area contributed by atoms with E-state index in [-0.39, 0.29) is 0 Å². The molecule has 8 rings (SSSR count). The number of benzene rings is 6. The van der Waals surface area contributed by atoms with Gasteiger partial charge in [0.1, 0.15) is 0 Å². The lowest BCUT2D eigenvalue weighted by Crippen LogP contribution is -2.09. The Kier molecular flexibility index (Phi) is 6.50. The van der Waals surface area contributed by atoms with Gasteiger partial charge in [0.2, 0.25) is 11.8 Å². The Morgan fingerprint density at radius 1 is 0.489 bits per heavy atom. The average Bonchev–Trinajstić information content (AvgIpc) is 3.71. The number of hydrogen-bond acceptors (Lipinski definition) is 4. The lowest BCUT2D eigenvalue weighted by atomic mass is 10.1. The smallest absolute Gasteiger partial charge is 0.248 e. The van der Waals surface area contributed by atoms with Crippen molar-refractivity contribution in [3.63, 3.8) is 0 Å². The third kappa shape index (κ3) is 4.75. The van der Waals surface area contributed by atoms with Gasteiger partial charge in [-0.3, -0.25) is 0 Å². The van der Waals surface area contributed by atoms with Crippen molar-refractivity contribution < 1.29 is 4.42 Å². The number of nitrogens with zero attached hydrogens (tertiary/aromatic N) is 4. The summed E-state index contributed by atoms with van der Waals surface area (Å²) in [5, 5.41) is 11.1. The van der Waals surface area contributed by atoms with Gasteiger partial charge in [-0.1, -0.05) is 60.7 Å². The normalized spacial score (nSPS) is 11.3. The van der Waals surface area contributed by atoms with Crippen molar-refractivity contribution in [2.24, 2.45) is 0 Å². The maximum Gasteiger partial charge on any atom is 0.248 e. The molecule has 5 heteroatoms. The number of anilines is 3. The summed E-state index contributed by atoms with van der Waals surface area (Å²) >= 11 is 0. The third-order valence-electron chi connectivity index (χ3n) is 8.49. The van der Waals surface area contributed by atoms with Crippen LogP contribution in [0.5, 0.6) is 0 Å². The van der Waals surface area contributed by atoms with Gasteiger partial charge in [0.15, 0.2) is 0 Å². The molecular formula is C40H30N4O. The topological polar surface area (TPSA) is 47.1 Å². The first kappa shape index (κ1) is 26.7. The molecule has 0 aliphatic heterocycles. The predicted molar refractivity (Wildman–Crippen MR) is 184 cm³/mol. The number of fused-ring (bicyclic) bond motifs is 3. The standard InChI is InChI=1S/C40H30N4O/c1-27-17-18-30(25-28(27)2)40-42-41-39(45-40)29-19-21-33(22-20-29)43(31-11-5-3-6-12-31)34-23-24-38-36(26-34)35-15-9-10-16-37(35)44(38)32-13-7-4-8-14-32/h3-26H,1-2H3. The number of hydrogen-bond donors (Lipinski definition) is 0. The van der Waals surface area contributed by atoms with E-state index in [1.807, 2.05) is 24.3 Å². The lowest BCUT2D eigenvalue weighted by molar-refractivity contribution is 0.584. The van der Waals surface area contributed by atoms with Crippen molar-refractivity contribution in [3.05, 3.63) is 157 Å². The van der Waals surface area contributed by atoms with Crippen LogP contribution in [0.25, 0.3) is 50.4 Å². The van der Waals surface area contributed by atoms with Gasteiger partial charge in [0, 0.05) is 44.6 Å². The van der Waals surface area contributed by atoms with Gasteiger partial charge in [0.05, 0.1) is 11.0 Å². The van der Waals surface area contributed by atoms with Gasteiger partial charge >= 0.3 is 0 Å². The summed E-state index contributed by atoms with van der Waals surface area (Å²) in [4.78, 5) is 2.28. The minimum absolute atomic E-state index is 0.496. The van der Waals surface area contributed by atoms with E-state index in [1.54, 1.807) is 0 Å². The molecule has 0 atom stereocenters. The second-order valence-electron chi connectivity index (χ2n) is 11.3. The van der Waals surface area contributed by atoms with Crippen molar-refractivity contribution in [2.45, 2.75) is 13.8 Å². The van der Waals surface area contributed by atoms with Gasteiger partial charge in [-0.2, -0.15) is 0 Å². The second kappa shape index (κ2) is 11.0. The van der Waals surface area contributed by atoms with Crippen LogP contribution in [0.2, 0.25) is 0 Å². The van der Waals surface area contributed by atoms with E-state index in [0.29, 0.717) is 11.8 Å². The van der Waals surface area contributed by atoms with Crippen LogP contribution >= 0.6 is 0 Å². The highest BCUT2D eigenvalue weighted by atomic mass is 16.4. The van der Waals surface area contributed by atoms with Crippen LogP contribution in [-0.4, -0.2) is 14.8 Å². The molecule has 0 spiro atoms. The molecule has 8 aromatic rings. The molecule has 0 unspecified atom stereocenters. The molecule has 45 heavy (non-hydrogen) atoms. The SMILES string of the molecule is Cc1ccc(-c2nnc(-c3ccc(N(c4ccccc4)c4ccc5c(c4)c4ccccc4n5-c4ccccc4)cc3)o2)cc1C. The van der Waals surface area contributed by atoms with Crippen molar-refractivity contribution in [1.82, 2.24) is 14.8 Å². The Balaban J connectivity index is 1.21. The van der Waals surface area contributed by atoms with Crippen molar-refractivity contribution in [3.8, 4) is 28.6 Å². The molecule has 0 radical (unpaired) electrons. The molecule has 0 N–H and O–H groups in total. The second-order valence-corrected chi connectivity index (χ2v) is 11.3. The predicted octanol–water partition coefficient (Wildman–Crippen LogP) is 10.6. The Hall–Kier alpha value is -5.94. The molecule has 0 bridgehead atoms. The summed E-state index contributed by atoms with van der Waals surface area (Å²) in [6.07, 6.45) is 0. The number of para-hydroxylation sites is 3. The van der Waals surface area contributed by atoms with Crippen molar-refractivity contribution in [1.29, 1.82) is 0 Å². The van der Waals surface area contributed by atoms with E-state index in [9.17, 15) is 0 Å². The van der Waals surface area contributed by atoms with E-state index in [2.05, 4.69) is 155 Å². The van der Waals surface area contributed by atoms with Crippen molar-refractivity contribution in [2.75, 3.05) is 4.90 Å². The summed E-state index contributed by atoms with van der Waals surface area (Å²) in [6.45, 7) is 4.19. The maximum absolute atomic E-state index is 6.11. The zero-order chi connectivity index (χ0) is 30.3. The number of aryl methyl sites for hydroxylation is 2. The van der Waals surface area contributed by atoms with E-state index in [1.165, 1.54) is 32.9 Å². The van der Waals surface area contributed by atoms with Crippen LogP contribution in [0.3, 0.4) is 0 Å². The zero-order valence-corrected chi connectivity index (χ0v) is 25.1. The molecule has 0 saturated carbocycles. The molecule has 0 saturated heterocycles. The Bertz CT molecular complexity index is 2280. The summed E-state index contributed by atoms with van der Waals surface area (Å²) in [5.74, 6) is 1.02. The highest BCUT2D eigenvalue weighted by Crippen LogP contribution is 2.40. The minimum Gasteiger partial charge on any atom is -0.416 e. The van der Waals surface area contributed by atoms with Gasteiger partial charge in [-0.15, -0.1) is 10.2 Å². The largest absolute Gasteiger partial charge is 0.416 e. The Morgan fingerprint density at radius 3 is 1.84 bits per heavy atom. The fourth-order valence-electron chi connectivity index (χ4n) is 6.06. The highest BCUT2D eigenvalue weighted by Gasteiger charge is 2.18. The molecule has 0 aliphatic carbocycles. The minimum atomic E-state index is 0.496. The number of rotatable bonds is 6. The maximum atomic E-state index is 6.11. The van der Waals surface area contributed by atoms with Crippen LogP contribution in [-0.2, 0) is 0 Å². The van der Waals surface area contributed by atoms with E-state index in [0.717, 1.165) is 33.9 Å². The van der Waals surface area contributed by atoms with Crippen LogP contribution in [0.4, 0.5) is 17.1 Å². The van der Waals surface area contributed by atoms with Crippen LogP contribution in [0.1, 0.15) is 11.1 Å². The molecule has 5 nitrogen and oxygen atoms in total. The first-order chi connectivity index (χ1) is 22.1. The highest BCUT2D eigenvalue weighted by molar-refractivity contribution is 6.10. The molecule has 2 heterocycles. The van der Waals surface area contributed by atoms with Crippen LogP contribution in [0, 0.1) is 13.8 Å². The lowest BCUT2D eigenvalue weighted by Gasteiger charge is -2.25. The fourth-order valence-corrected chi connectivity index (χ4v) is 6.06. The summed E-state index contributed by atoms with van der Waals surface area (Å²) in [7, 11) is 0. The van der Waals surface area contributed by atoms with Crippen molar-refractivity contribution >= 4 is 38.9 Å². The van der Waals surface area contributed by atoms with Gasteiger partial charge in [-0.25, -0.2) is 0 Å². The first-order valence-electron chi connectivity index (χ1n) is 15.1. The average molecular weight is 583 g/mol. The molecule has 216 valence electrons. The van der Waals surface area contributed by atoms with E-state index >= 15 is 0 Å². The summed E-state index contributed by atoms with van der Waals surface area (Å²) in [6, 6.07) is 50.9. The van der Waals surface area contributed by atoms with Gasteiger partial charge < -0.3 is 13.9 Å². The molecule has 2 aromatic heterocycles. The van der Waals surface area contributed by atoms with Gasteiger partial charge in [-0.05, 0) is 110 Å². The number of aromatic nitrogens is 3. The molecule has 6 aromatic carbocycles. The van der Waals surface area contributed by atoms with E-state index in [4.69, 9.17) is 4.42 Å². The molecule has 0 fully saturated rings. The Morgan fingerprint density at radius 2 is 1.09 bits per heavy atom.